The van der Waals surface area contributed by atoms with E-state index in [1.54, 1.807) is 19.1 Å². The summed E-state index contributed by atoms with van der Waals surface area (Å²) in [7, 11) is 2.19. The molecule has 1 atom stereocenters. The fourth-order valence-electron chi connectivity index (χ4n) is 4.32. The van der Waals surface area contributed by atoms with Crippen LogP contribution in [0.4, 0.5) is 5.69 Å². The molecule has 0 bridgehead atoms. The van der Waals surface area contributed by atoms with Crippen molar-refractivity contribution in [3.8, 4) is 0 Å². The van der Waals surface area contributed by atoms with E-state index in [1.807, 2.05) is 24.3 Å². The second-order valence-electron chi connectivity index (χ2n) is 8.68. The Kier molecular flexibility index (Phi) is 6.47. The van der Waals surface area contributed by atoms with Gasteiger partial charge in [-0.05, 0) is 82.4 Å². The number of aromatic nitrogens is 2. The molecular formula is C25H30N4O2. The zero-order valence-corrected chi connectivity index (χ0v) is 18.2. The van der Waals surface area contributed by atoms with Crippen LogP contribution in [0.1, 0.15) is 43.4 Å². The maximum Gasteiger partial charge on any atom is 0.272 e. The quantitative estimate of drug-likeness (QED) is 0.636. The van der Waals surface area contributed by atoms with Gasteiger partial charge in [-0.25, -0.2) is 5.10 Å². The summed E-state index contributed by atoms with van der Waals surface area (Å²) in [4.78, 5) is 27.2. The maximum atomic E-state index is 12.8. The van der Waals surface area contributed by atoms with Crippen molar-refractivity contribution >= 4 is 22.4 Å². The number of carbonyl (C=O) groups excluding carboxylic acids is 1. The van der Waals surface area contributed by atoms with E-state index in [0.29, 0.717) is 16.5 Å². The summed E-state index contributed by atoms with van der Waals surface area (Å²) in [6.07, 6.45) is 4.87. The third kappa shape index (κ3) is 5.02. The lowest BCUT2D eigenvalue weighted by atomic mass is 9.91. The molecule has 0 radical (unpaired) electrons. The molecule has 2 N–H and O–H groups in total. The van der Waals surface area contributed by atoms with Gasteiger partial charge in [0.05, 0.1) is 17.0 Å². The minimum absolute atomic E-state index is 0.149. The number of amides is 1. The number of carbonyl (C=O) groups is 1. The fourth-order valence-corrected chi connectivity index (χ4v) is 4.32. The molecule has 4 rings (SSSR count). The minimum atomic E-state index is -0.495. The average molecular weight is 419 g/mol. The van der Waals surface area contributed by atoms with E-state index in [9.17, 15) is 9.59 Å². The molecule has 1 fully saturated rings. The van der Waals surface area contributed by atoms with Crippen molar-refractivity contribution < 1.29 is 4.79 Å². The van der Waals surface area contributed by atoms with Gasteiger partial charge in [0.15, 0.2) is 0 Å². The molecule has 2 heterocycles. The van der Waals surface area contributed by atoms with Gasteiger partial charge in [0.1, 0.15) is 0 Å². The van der Waals surface area contributed by atoms with Crippen molar-refractivity contribution in [1.29, 1.82) is 0 Å². The number of anilines is 1. The van der Waals surface area contributed by atoms with E-state index >= 15 is 0 Å². The second kappa shape index (κ2) is 9.43. The van der Waals surface area contributed by atoms with E-state index in [-0.39, 0.29) is 11.5 Å². The first kappa shape index (κ1) is 21.2. The predicted octanol–water partition coefficient (Wildman–Crippen LogP) is 3.94. The lowest BCUT2D eigenvalue weighted by Gasteiger charge is -2.28. The number of benzene rings is 2. The van der Waals surface area contributed by atoms with E-state index in [2.05, 4.69) is 39.6 Å². The second-order valence-corrected chi connectivity index (χ2v) is 8.68. The highest BCUT2D eigenvalue weighted by atomic mass is 16.2. The van der Waals surface area contributed by atoms with Crippen LogP contribution in [0.5, 0.6) is 0 Å². The highest BCUT2D eigenvalue weighted by Crippen LogP contribution is 2.24. The Labute approximate surface area is 182 Å². The Morgan fingerprint density at radius 3 is 2.52 bits per heavy atom. The maximum absolute atomic E-state index is 12.8. The summed E-state index contributed by atoms with van der Waals surface area (Å²) >= 11 is 0. The highest BCUT2D eigenvalue weighted by Gasteiger charge is 2.21. The molecule has 1 aromatic heterocycles. The Bertz CT molecular complexity index is 1100. The van der Waals surface area contributed by atoms with Crippen LogP contribution < -0.4 is 10.9 Å². The largest absolute Gasteiger partial charge is 0.326 e. The van der Waals surface area contributed by atoms with Crippen LogP contribution in [0.3, 0.4) is 0 Å². The van der Waals surface area contributed by atoms with E-state index < -0.39 is 5.92 Å². The zero-order valence-electron chi connectivity index (χ0n) is 18.2. The van der Waals surface area contributed by atoms with E-state index in [4.69, 9.17) is 0 Å². The highest BCUT2D eigenvalue weighted by molar-refractivity contribution is 5.98. The number of aryl methyl sites for hydroxylation is 1. The fraction of sp³-hybridized carbons (Fsp3) is 0.400. The van der Waals surface area contributed by atoms with Gasteiger partial charge in [-0.3, -0.25) is 9.59 Å². The normalized spacial score (nSPS) is 16.3. The molecule has 6 nitrogen and oxygen atoms in total. The summed E-state index contributed by atoms with van der Waals surface area (Å²) in [5.41, 5.74) is 2.40. The summed E-state index contributed by atoms with van der Waals surface area (Å²) < 4.78 is 0. The van der Waals surface area contributed by atoms with Crippen molar-refractivity contribution in [3.63, 3.8) is 0 Å². The number of hydrogen-bond donors (Lipinski definition) is 2. The zero-order chi connectivity index (χ0) is 21.8. The summed E-state index contributed by atoms with van der Waals surface area (Å²) in [6.45, 7) is 4.21. The van der Waals surface area contributed by atoms with Crippen LogP contribution in [0.2, 0.25) is 0 Å². The topological polar surface area (TPSA) is 78.1 Å². The molecule has 1 aliphatic rings. The molecule has 1 unspecified atom stereocenters. The van der Waals surface area contributed by atoms with Crippen molar-refractivity contribution in [2.45, 2.75) is 38.5 Å². The molecule has 2 aromatic carbocycles. The number of likely N-dealkylation sites (tertiary alicyclic amines) is 1. The average Bonchev–Trinajstić information content (AvgIpc) is 2.80. The van der Waals surface area contributed by atoms with Gasteiger partial charge < -0.3 is 10.2 Å². The molecule has 6 heteroatoms. The molecule has 3 aromatic rings. The Hall–Kier alpha value is -2.99. The molecular weight excluding hydrogens is 388 g/mol. The van der Waals surface area contributed by atoms with Crippen LogP contribution >= 0.6 is 0 Å². The smallest absolute Gasteiger partial charge is 0.272 e. The Balaban J connectivity index is 1.37. The molecule has 0 saturated carbocycles. The van der Waals surface area contributed by atoms with Gasteiger partial charge in [0.2, 0.25) is 5.91 Å². The standard InChI is InChI=1S/C25H30N4O2/c1-17(23-21-5-3-4-6-22(21)25(31)28-27-23)24(30)26-20-11-9-18(10-12-20)7-8-19-13-15-29(2)16-14-19/h3-6,9-12,17,19H,7-8,13-16H2,1-2H3,(H,26,30)(H,28,31). The van der Waals surface area contributed by atoms with E-state index in [1.165, 1.54) is 37.9 Å². The molecule has 1 aliphatic heterocycles. The number of piperidine rings is 1. The minimum Gasteiger partial charge on any atom is -0.326 e. The van der Waals surface area contributed by atoms with Gasteiger partial charge in [0.25, 0.3) is 5.56 Å². The number of aromatic amines is 1. The molecule has 0 aliphatic carbocycles. The number of hydrogen-bond acceptors (Lipinski definition) is 4. The van der Waals surface area contributed by atoms with Crippen LogP contribution in [-0.4, -0.2) is 41.1 Å². The van der Waals surface area contributed by atoms with Crippen molar-refractivity contribution in [3.05, 3.63) is 70.1 Å². The number of fused-ring (bicyclic) bond motifs is 1. The van der Waals surface area contributed by atoms with Crippen LogP contribution in [0.15, 0.2) is 53.3 Å². The Morgan fingerprint density at radius 1 is 1.13 bits per heavy atom. The van der Waals surface area contributed by atoms with Gasteiger partial charge in [-0.1, -0.05) is 30.3 Å². The number of H-pyrrole nitrogens is 1. The van der Waals surface area contributed by atoms with Crippen molar-refractivity contribution in [2.75, 3.05) is 25.5 Å². The molecule has 1 amide bonds. The van der Waals surface area contributed by atoms with E-state index in [0.717, 1.165) is 18.0 Å². The molecule has 31 heavy (non-hydrogen) atoms. The van der Waals surface area contributed by atoms with Gasteiger partial charge in [-0.15, -0.1) is 0 Å². The molecule has 0 spiro atoms. The number of nitrogens with one attached hydrogen (secondary N) is 2. The third-order valence-electron chi connectivity index (χ3n) is 6.43. The first-order valence-electron chi connectivity index (χ1n) is 11.1. The van der Waals surface area contributed by atoms with Crippen LogP contribution in [0, 0.1) is 5.92 Å². The molecule has 162 valence electrons. The van der Waals surface area contributed by atoms with Gasteiger partial charge in [0, 0.05) is 11.1 Å². The van der Waals surface area contributed by atoms with Crippen LogP contribution in [0.25, 0.3) is 10.8 Å². The van der Waals surface area contributed by atoms with Gasteiger partial charge >= 0.3 is 0 Å². The first-order chi connectivity index (χ1) is 15.0. The predicted molar refractivity (Wildman–Crippen MR) is 124 cm³/mol. The lowest BCUT2D eigenvalue weighted by molar-refractivity contribution is -0.117. The summed E-state index contributed by atoms with van der Waals surface area (Å²) in [5.74, 6) is 0.172. The first-order valence-corrected chi connectivity index (χ1v) is 11.1. The number of rotatable bonds is 6. The third-order valence-corrected chi connectivity index (χ3v) is 6.43. The SMILES string of the molecule is CC(C(=O)Nc1ccc(CCC2CCN(C)CC2)cc1)c1n[nH]c(=O)c2ccccc12. The van der Waals surface area contributed by atoms with Gasteiger partial charge in [-0.2, -0.15) is 5.10 Å². The summed E-state index contributed by atoms with van der Waals surface area (Å²) in [6, 6.07) is 15.4. The summed E-state index contributed by atoms with van der Waals surface area (Å²) in [5, 5.41) is 10.9. The molecule has 1 saturated heterocycles. The monoisotopic (exact) mass is 418 g/mol. The van der Waals surface area contributed by atoms with Crippen molar-refractivity contribution in [1.82, 2.24) is 15.1 Å². The Morgan fingerprint density at radius 2 is 1.81 bits per heavy atom. The van der Waals surface area contributed by atoms with Crippen molar-refractivity contribution in [2.24, 2.45) is 5.92 Å². The van der Waals surface area contributed by atoms with Crippen LogP contribution in [-0.2, 0) is 11.2 Å². The number of nitrogens with zero attached hydrogens (tertiary/aromatic N) is 2. The lowest BCUT2D eigenvalue weighted by Crippen LogP contribution is -2.30.